The molecule has 2 amide bonds. The zero-order valence-electron chi connectivity index (χ0n) is 24.3. The van der Waals surface area contributed by atoms with Crippen molar-refractivity contribution < 1.29 is 18.8 Å². The normalized spacial score (nSPS) is 22.4. The number of anilines is 1. The maximum atomic E-state index is 13.7. The fourth-order valence-corrected chi connectivity index (χ4v) is 6.47. The second-order valence-corrected chi connectivity index (χ2v) is 17.7. The molecule has 0 bridgehead atoms. The molecule has 8 nitrogen and oxygen atoms in total. The van der Waals surface area contributed by atoms with E-state index in [1.165, 1.54) is 0 Å². The lowest BCUT2D eigenvalue weighted by molar-refractivity contribution is -0.119. The molecule has 1 aliphatic carbocycles. The largest absolute Gasteiger partial charge is 0.411 e. The van der Waals surface area contributed by atoms with Gasteiger partial charge in [0.25, 0.3) is 5.91 Å². The maximum Gasteiger partial charge on any atom is 0.251 e. The van der Waals surface area contributed by atoms with Crippen LogP contribution in [0.15, 0.2) is 24.3 Å². The summed E-state index contributed by atoms with van der Waals surface area (Å²) >= 11 is 0. The van der Waals surface area contributed by atoms with Crippen LogP contribution >= 0.6 is 0 Å². The highest BCUT2D eigenvalue weighted by molar-refractivity contribution is 6.74. The van der Waals surface area contributed by atoms with E-state index in [0.29, 0.717) is 31.3 Å². The predicted molar refractivity (Wildman–Crippen MR) is 154 cm³/mol. The molecule has 3 aliphatic rings. The summed E-state index contributed by atoms with van der Waals surface area (Å²) in [5, 5.41) is 11.5. The van der Waals surface area contributed by atoms with Crippen molar-refractivity contribution in [3.05, 3.63) is 46.6 Å². The molecular formula is C30H44N4O4Si. The van der Waals surface area contributed by atoms with Crippen molar-refractivity contribution in [1.29, 1.82) is 0 Å². The molecule has 5 rings (SSSR count). The van der Waals surface area contributed by atoms with Crippen molar-refractivity contribution in [3.8, 4) is 0 Å². The molecule has 2 N–H and O–H groups in total. The molecule has 0 unspecified atom stereocenters. The Morgan fingerprint density at radius 2 is 1.92 bits per heavy atom. The van der Waals surface area contributed by atoms with E-state index in [1.54, 1.807) is 0 Å². The van der Waals surface area contributed by atoms with Crippen LogP contribution in [-0.2, 0) is 27.0 Å². The minimum atomic E-state index is -2.03. The lowest BCUT2D eigenvalue weighted by Gasteiger charge is -2.36. The first-order valence-corrected chi connectivity index (χ1v) is 17.4. The Bertz CT molecular complexity index is 1220. The Morgan fingerprint density at radius 1 is 1.21 bits per heavy atom. The van der Waals surface area contributed by atoms with Gasteiger partial charge in [-0.2, -0.15) is 5.10 Å². The van der Waals surface area contributed by atoms with Crippen LogP contribution in [-0.4, -0.2) is 49.2 Å². The van der Waals surface area contributed by atoms with E-state index in [1.807, 2.05) is 28.9 Å². The molecule has 1 saturated heterocycles. The number of ether oxygens (including phenoxy) is 1. The zero-order chi connectivity index (χ0) is 27.9. The highest BCUT2D eigenvalue weighted by Crippen LogP contribution is 2.51. The van der Waals surface area contributed by atoms with E-state index >= 15 is 0 Å². The van der Waals surface area contributed by atoms with Crippen LogP contribution in [0.2, 0.25) is 18.1 Å². The van der Waals surface area contributed by atoms with Crippen molar-refractivity contribution >= 4 is 25.9 Å². The number of nitrogens with one attached hydrogen (secondary N) is 2. The van der Waals surface area contributed by atoms with Gasteiger partial charge in [0, 0.05) is 30.3 Å². The van der Waals surface area contributed by atoms with E-state index in [4.69, 9.17) is 14.3 Å². The van der Waals surface area contributed by atoms with Gasteiger partial charge in [-0.25, -0.2) is 4.68 Å². The third-order valence-electron chi connectivity index (χ3n) is 9.17. The molecule has 1 aromatic carbocycles. The summed E-state index contributed by atoms with van der Waals surface area (Å²) in [5.74, 6) is 0.621. The second-order valence-electron chi connectivity index (χ2n) is 12.9. The highest BCUT2D eigenvalue weighted by Gasteiger charge is 2.49. The number of aryl methyl sites for hydroxylation is 1. The summed E-state index contributed by atoms with van der Waals surface area (Å²) in [6.07, 6.45) is 4.64. The lowest BCUT2D eigenvalue weighted by atomic mass is 9.83. The van der Waals surface area contributed by atoms with E-state index in [2.05, 4.69) is 51.4 Å². The molecule has 9 heteroatoms. The molecule has 2 fully saturated rings. The first-order valence-electron chi connectivity index (χ1n) is 14.5. The Labute approximate surface area is 233 Å². The number of fused-ring (bicyclic) bond motifs is 1. The van der Waals surface area contributed by atoms with Gasteiger partial charge in [-0.3, -0.25) is 9.59 Å². The monoisotopic (exact) mass is 552 g/mol. The Balaban J connectivity index is 1.51. The van der Waals surface area contributed by atoms with Gasteiger partial charge in [0.1, 0.15) is 11.9 Å². The van der Waals surface area contributed by atoms with E-state index in [9.17, 15) is 9.59 Å². The van der Waals surface area contributed by atoms with Gasteiger partial charge < -0.3 is 19.8 Å². The van der Waals surface area contributed by atoms with Crippen molar-refractivity contribution in [2.45, 2.75) is 103 Å². The third-order valence-corrected chi connectivity index (χ3v) is 13.6. The predicted octanol–water partition coefficient (Wildman–Crippen LogP) is 5.56. The summed E-state index contributed by atoms with van der Waals surface area (Å²) in [7, 11) is -2.03. The Hall–Kier alpha value is -2.49. The van der Waals surface area contributed by atoms with Gasteiger partial charge in [0.15, 0.2) is 8.32 Å². The molecule has 2 aliphatic heterocycles. The highest BCUT2D eigenvalue weighted by atomic mass is 28.4. The van der Waals surface area contributed by atoms with Crippen LogP contribution in [0.1, 0.15) is 92.5 Å². The smallest absolute Gasteiger partial charge is 0.251 e. The van der Waals surface area contributed by atoms with E-state index in [-0.39, 0.29) is 28.8 Å². The van der Waals surface area contributed by atoms with Gasteiger partial charge in [0.2, 0.25) is 5.91 Å². The van der Waals surface area contributed by atoms with Gasteiger partial charge in [-0.1, -0.05) is 39.8 Å². The quantitative estimate of drug-likeness (QED) is 0.418. The third kappa shape index (κ3) is 5.72. The van der Waals surface area contributed by atoms with E-state index < -0.39 is 14.4 Å². The minimum Gasteiger partial charge on any atom is -0.411 e. The number of hydrogen-bond donors (Lipinski definition) is 2. The van der Waals surface area contributed by atoms with E-state index in [0.717, 1.165) is 54.7 Å². The summed E-state index contributed by atoms with van der Waals surface area (Å²) in [4.78, 5) is 27.1. The summed E-state index contributed by atoms with van der Waals surface area (Å²) in [6.45, 7) is 15.1. The van der Waals surface area contributed by atoms with Crippen LogP contribution in [0.5, 0.6) is 0 Å². The first kappa shape index (κ1) is 28.1. The average Bonchev–Trinajstić information content (AvgIpc) is 3.69. The molecule has 0 radical (unpaired) electrons. The van der Waals surface area contributed by atoms with Crippen molar-refractivity contribution in [2.24, 2.45) is 5.92 Å². The molecule has 3 heterocycles. The molecule has 1 saturated carbocycles. The summed E-state index contributed by atoms with van der Waals surface area (Å²) in [6, 6.07) is 7.16. The average molecular weight is 553 g/mol. The standard InChI is InChI=1S/C30H44N4O4Si/c1-7-19-9-8-10-21(17-19)28(35)31-26-24(20-11-12-20)25-23(18-38-39(5,6)30(2,3)4)33-34(27(25)32-29(26)36)22-13-15-37-16-14-22/h8-10,17,20,22,24,26H,7,11-16,18H2,1-6H3,(H,31,35)(H,32,36)/t24-,26-/m1/s1. The van der Waals surface area contributed by atoms with Crippen LogP contribution < -0.4 is 10.6 Å². The number of aromatic nitrogens is 2. The Morgan fingerprint density at radius 3 is 2.56 bits per heavy atom. The summed E-state index contributed by atoms with van der Waals surface area (Å²) in [5.41, 5.74) is 3.63. The number of carbonyl (C=O) groups is 2. The number of benzene rings is 1. The van der Waals surface area contributed by atoms with Crippen molar-refractivity contribution in [2.75, 3.05) is 18.5 Å². The fourth-order valence-electron chi connectivity index (χ4n) is 5.53. The molecule has 0 spiro atoms. The van der Waals surface area contributed by atoms with Crippen LogP contribution in [0.25, 0.3) is 0 Å². The molecule has 2 aromatic rings. The SMILES string of the molecule is CCc1cccc(C(=O)N[C@H]2C(=O)Nc3c(c(CO[Si](C)(C)C(C)(C)C)nn3C3CCOCC3)[C@H]2C2CC2)c1. The minimum absolute atomic E-state index is 0.0734. The topological polar surface area (TPSA) is 94.5 Å². The number of nitrogens with zero attached hydrogens (tertiary/aromatic N) is 2. The molecule has 1 aromatic heterocycles. The van der Waals surface area contributed by atoms with Gasteiger partial charge >= 0.3 is 0 Å². The number of amides is 2. The zero-order valence-corrected chi connectivity index (χ0v) is 25.3. The number of hydrogen-bond acceptors (Lipinski definition) is 5. The second kappa shape index (κ2) is 10.8. The van der Waals surface area contributed by atoms with Crippen LogP contribution in [0, 0.1) is 5.92 Å². The summed E-state index contributed by atoms with van der Waals surface area (Å²) < 4.78 is 14.3. The van der Waals surface area contributed by atoms with Gasteiger partial charge in [-0.15, -0.1) is 0 Å². The fraction of sp³-hybridized carbons (Fsp3) is 0.633. The van der Waals surface area contributed by atoms with Gasteiger partial charge in [-0.05, 0) is 73.9 Å². The van der Waals surface area contributed by atoms with Crippen LogP contribution in [0.3, 0.4) is 0 Å². The van der Waals surface area contributed by atoms with Crippen molar-refractivity contribution in [3.63, 3.8) is 0 Å². The number of rotatable bonds is 8. The molecule has 39 heavy (non-hydrogen) atoms. The van der Waals surface area contributed by atoms with Gasteiger partial charge in [0.05, 0.1) is 18.3 Å². The molecule has 2 atom stereocenters. The first-order chi connectivity index (χ1) is 18.5. The molecule has 212 valence electrons. The Kier molecular flexibility index (Phi) is 7.78. The molecular weight excluding hydrogens is 508 g/mol. The lowest BCUT2D eigenvalue weighted by Crippen LogP contribution is -2.51. The number of carbonyl (C=O) groups excluding carboxylic acids is 2. The van der Waals surface area contributed by atoms with Crippen molar-refractivity contribution in [1.82, 2.24) is 15.1 Å². The maximum absolute atomic E-state index is 13.7. The van der Waals surface area contributed by atoms with Crippen LogP contribution in [0.4, 0.5) is 5.82 Å².